The predicted molar refractivity (Wildman–Crippen MR) is 77.2 cm³/mol. The fraction of sp³-hybridized carbons (Fsp3) is 0. The Balaban J connectivity index is 2.33. The first-order valence-electron chi connectivity index (χ1n) is 5.67. The summed E-state index contributed by atoms with van der Waals surface area (Å²) in [5, 5.41) is 11.9. The number of nitrogens with one attached hydrogen (secondary N) is 1. The molecular formula is C14H11ClN2O3. The van der Waals surface area contributed by atoms with E-state index in [0.717, 1.165) is 0 Å². The zero-order valence-corrected chi connectivity index (χ0v) is 11.0. The Bertz CT molecular complexity index is 686. The summed E-state index contributed by atoms with van der Waals surface area (Å²) in [6.07, 6.45) is 0. The number of carboxylic acid groups (broad SMARTS) is 1. The van der Waals surface area contributed by atoms with Gasteiger partial charge in [-0.3, -0.25) is 4.79 Å². The normalized spacial score (nSPS) is 10.1. The smallest absolute Gasteiger partial charge is 0.337 e. The van der Waals surface area contributed by atoms with Crippen LogP contribution in [-0.4, -0.2) is 17.0 Å². The van der Waals surface area contributed by atoms with Gasteiger partial charge in [0, 0.05) is 10.7 Å². The summed E-state index contributed by atoms with van der Waals surface area (Å²) in [6.45, 7) is 0. The van der Waals surface area contributed by atoms with E-state index in [1.54, 1.807) is 24.3 Å². The number of anilines is 2. The Kier molecular flexibility index (Phi) is 3.91. The van der Waals surface area contributed by atoms with Crippen LogP contribution in [0.5, 0.6) is 0 Å². The number of nitrogens with two attached hydrogens (primary N) is 1. The summed E-state index contributed by atoms with van der Waals surface area (Å²) in [7, 11) is 0. The van der Waals surface area contributed by atoms with E-state index >= 15 is 0 Å². The number of hydrogen-bond donors (Lipinski definition) is 3. The topological polar surface area (TPSA) is 92.4 Å². The Morgan fingerprint density at radius 3 is 2.45 bits per heavy atom. The molecule has 0 saturated carbocycles. The van der Waals surface area contributed by atoms with Crippen LogP contribution >= 0.6 is 11.6 Å². The molecule has 20 heavy (non-hydrogen) atoms. The molecule has 1 amide bonds. The number of halogens is 1. The zero-order chi connectivity index (χ0) is 14.7. The van der Waals surface area contributed by atoms with Gasteiger partial charge in [-0.25, -0.2) is 4.79 Å². The van der Waals surface area contributed by atoms with Crippen molar-refractivity contribution < 1.29 is 14.7 Å². The summed E-state index contributed by atoms with van der Waals surface area (Å²) in [5.74, 6) is -1.66. The zero-order valence-electron chi connectivity index (χ0n) is 10.3. The maximum Gasteiger partial charge on any atom is 0.337 e. The summed E-state index contributed by atoms with van der Waals surface area (Å²) in [5.41, 5.74) is 6.37. The van der Waals surface area contributed by atoms with Gasteiger partial charge in [-0.2, -0.15) is 0 Å². The van der Waals surface area contributed by atoms with Gasteiger partial charge >= 0.3 is 5.97 Å². The molecular weight excluding hydrogens is 280 g/mol. The molecule has 0 atom stereocenters. The van der Waals surface area contributed by atoms with Crippen LogP contribution < -0.4 is 11.1 Å². The van der Waals surface area contributed by atoms with Gasteiger partial charge in [0.05, 0.1) is 16.8 Å². The van der Waals surface area contributed by atoms with E-state index in [9.17, 15) is 9.59 Å². The Morgan fingerprint density at radius 1 is 1.10 bits per heavy atom. The standard InChI is InChI=1S/C14H11ClN2O3/c15-8-5-6-12(10(7-8)14(19)20)17-13(18)9-3-1-2-4-11(9)16/h1-7H,16H2,(H,17,18)(H,19,20). The summed E-state index contributed by atoms with van der Waals surface area (Å²) >= 11 is 5.74. The van der Waals surface area contributed by atoms with Crippen LogP contribution in [0.1, 0.15) is 20.7 Å². The van der Waals surface area contributed by atoms with Crippen molar-refractivity contribution in [1.82, 2.24) is 0 Å². The second-order valence-electron chi connectivity index (χ2n) is 4.04. The van der Waals surface area contributed by atoms with Crippen LogP contribution in [0, 0.1) is 0 Å². The van der Waals surface area contributed by atoms with E-state index in [-0.39, 0.29) is 21.8 Å². The first-order chi connectivity index (χ1) is 9.49. The van der Waals surface area contributed by atoms with Crippen LogP contribution in [0.4, 0.5) is 11.4 Å². The average Bonchev–Trinajstić information content (AvgIpc) is 2.41. The molecule has 5 nitrogen and oxygen atoms in total. The fourth-order valence-electron chi connectivity index (χ4n) is 1.70. The maximum absolute atomic E-state index is 12.1. The number of benzene rings is 2. The molecule has 0 fully saturated rings. The molecule has 6 heteroatoms. The lowest BCUT2D eigenvalue weighted by molar-refractivity contribution is 0.0698. The highest BCUT2D eigenvalue weighted by molar-refractivity contribution is 6.31. The highest BCUT2D eigenvalue weighted by atomic mass is 35.5. The molecule has 0 heterocycles. The molecule has 102 valence electrons. The molecule has 0 aliphatic rings. The fourth-order valence-corrected chi connectivity index (χ4v) is 1.87. The second kappa shape index (κ2) is 5.63. The number of nitrogen functional groups attached to an aromatic ring is 1. The molecule has 0 bridgehead atoms. The lowest BCUT2D eigenvalue weighted by atomic mass is 10.1. The minimum atomic E-state index is -1.18. The van der Waals surface area contributed by atoms with E-state index in [1.807, 2.05) is 0 Å². The minimum Gasteiger partial charge on any atom is -0.478 e. The Labute approximate surface area is 120 Å². The molecule has 2 rings (SSSR count). The van der Waals surface area contributed by atoms with Crippen molar-refractivity contribution in [3.8, 4) is 0 Å². The molecule has 4 N–H and O–H groups in total. The third kappa shape index (κ3) is 2.89. The highest BCUT2D eigenvalue weighted by Crippen LogP contribution is 2.22. The monoisotopic (exact) mass is 290 g/mol. The van der Waals surface area contributed by atoms with Crippen LogP contribution in [0.2, 0.25) is 5.02 Å². The average molecular weight is 291 g/mol. The summed E-state index contributed by atoms with van der Waals surface area (Å²) in [6, 6.07) is 10.7. The Morgan fingerprint density at radius 2 is 1.80 bits per heavy atom. The van der Waals surface area contributed by atoms with E-state index in [0.29, 0.717) is 5.69 Å². The van der Waals surface area contributed by atoms with Gasteiger partial charge in [0.2, 0.25) is 0 Å². The quantitative estimate of drug-likeness (QED) is 0.758. The van der Waals surface area contributed by atoms with Crippen molar-refractivity contribution in [3.05, 3.63) is 58.6 Å². The number of aromatic carboxylic acids is 1. The number of carbonyl (C=O) groups is 2. The number of para-hydroxylation sites is 1. The van der Waals surface area contributed by atoms with Crippen LogP contribution in [0.15, 0.2) is 42.5 Å². The number of carbonyl (C=O) groups excluding carboxylic acids is 1. The lowest BCUT2D eigenvalue weighted by Gasteiger charge is -2.10. The summed E-state index contributed by atoms with van der Waals surface area (Å²) in [4.78, 5) is 23.2. The minimum absolute atomic E-state index is 0.0830. The van der Waals surface area contributed by atoms with Gasteiger partial charge in [0.1, 0.15) is 0 Å². The number of amides is 1. The Hall–Kier alpha value is -2.53. The molecule has 0 aromatic heterocycles. The van der Waals surface area contributed by atoms with Gasteiger partial charge < -0.3 is 16.2 Å². The molecule has 0 aliphatic carbocycles. The molecule has 2 aromatic rings. The SMILES string of the molecule is Nc1ccccc1C(=O)Nc1ccc(Cl)cc1C(=O)O. The molecule has 0 saturated heterocycles. The molecule has 0 aliphatic heterocycles. The van der Waals surface area contributed by atoms with Crippen LogP contribution in [-0.2, 0) is 0 Å². The number of rotatable bonds is 3. The van der Waals surface area contributed by atoms with E-state index in [2.05, 4.69) is 5.32 Å². The van der Waals surface area contributed by atoms with E-state index in [1.165, 1.54) is 18.2 Å². The molecule has 0 unspecified atom stereocenters. The van der Waals surface area contributed by atoms with Gasteiger partial charge in [-0.1, -0.05) is 23.7 Å². The number of carboxylic acids is 1. The highest BCUT2D eigenvalue weighted by Gasteiger charge is 2.15. The summed E-state index contributed by atoms with van der Waals surface area (Å²) < 4.78 is 0. The number of hydrogen-bond acceptors (Lipinski definition) is 3. The largest absolute Gasteiger partial charge is 0.478 e. The third-order valence-electron chi connectivity index (χ3n) is 2.67. The third-order valence-corrected chi connectivity index (χ3v) is 2.90. The van der Waals surface area contributed by atoms with Gasteiger partial charge in [-0.05, 0) is 30.3 Å². The van der Waals surface area contributed by atoms with Crippen molar-refractivity contribution in [2.45, 2.75) is 0 Å². The van der Waals surface area contributed by atoms with Gasteiger partial charge in [0.25, 0.3) is 5.91 Å². The first-order valence-corrected chi connectivity index (χ1v) is 6.05. The molecule has 0 radical (unpaired) electrons. The van der Waals surface area contributed by atoms with Crippen molar-refractivity contribution in [2.75, 3.05) is 11.1 Å². The predicted octanol–water partition coefficient (Wildman–Crippen LogP) is 2.87. The van der Waals surface area contributed by atoms with Gasteiger partial charge in [-0.15, -0.1) is 0 Å². The van der Waals surface area contributed by atoms with E-state index in [4.69, 9.17) is 22.4 Å². The van der Waals surface area contributed by atoms with Crippen molar-refractivity contribution >= 4 is 34.9 Å². The van der Waals surface area contributed by atoms with E-state index < -0.39 is 11.9 Å². The second-order valence-corrected chi connectivity index (χ2v) is 4.47. The van der Waals surface area contributed by atoms with Crippen molar-refractivity contribution in [1.29, 1.82) is 0 Å². The van der Waals surface area contributed by atoms with Crippen molar-refractivity contribution in [2.24, 2.45) is 0 Å². The molecule has 0 spiro atoms. The molecule has 2 aromatic carbocycles. The maximum atomic E-state index is 12.1. The lowest BCUT2D eigenvalue weighted by Crippen LogP contribution is -2.16. The van der Waals surface area contributed by atoms with Gasteiger partial charge in [0.15, 0.2) is 0 Å². The van der Waals surface area contributed by atoms with Crippen LogP contribution in [0.3, 0.4) is 0 Å². The van der Waals surface area contributed by atoms with Crippen molar-refractivity contribution in [3.63, 3.8) is 0 Å². The van der Waals surface area contributed by atoms with Crippen LogP contribution in [0.25, 0.3) is 0 Å². The first kappa shape index (κ1) is 13.9.